The molecule has 0 radical (unpaired) electrons. The molecule has 1 aliphatic carbocycles. The highest BCUT2D eigenvalue weighted by Crippen LogP contribution is 2.30. The lowest BCUT2D eigenvalue weighted by Crippen LogP contribution is -2.37. The maximum atomic E-state index is 9.32. The van der Waals surface area contributed by atoms with Crippen LogP contribution in [0.3, 0.4) is 0 Å². The second-order valence-corrected chi connectivity index (χ2v) is 5.93. The number of nitrogens with zero attached hydrogens (tertiary/aromatic N) is 2. The van der Waals surface area contributed by atoms with Gasteiger partial charge in [0.1, 0.15) is 0 Å². The number of nitrogens with two attached hydrogens (primary N) is 1. The number of hydrogen-bond donors (Lipinski definition) is 3. The first kappa shape index (κ1) is 14.1. The molecule has 1 saturated carbocycles. The van der Waals surface area contributed by atoms with Gasteiger partial charge in [0.25, 0.3) is 0 Å². The number of benzene rings is 1. The third kappa shape index (κ3) is 3.19. The highest BCUT2D eigenvalue weighted by atomic mass is 79.9. The van der Waals surface area contributed by atoms with Gasteiger partial charge in [0.15, 0.2) is 5.84 Å². The summed E-state index contributed by atoms with van der Waals surface area (Å²) in [5, 5.41) is 21.3. The Balaban J connectivity index is 2.18. The summed E-state index contributed by atoms with van der Waals surface area (Å²) in [6.07, 6.45) is 1.55. The van der Waals surface area contributed by atoms with Gasteiger partial charge in [-0.15, -0.1) is 0 Å². The zero-order valence-electron chi connectivity index (χ0n) is 10.8. The minimum absolute atomic E-state index is 0.0943. The van der Waals surface area contributed by atoms with E-state index in [2.05, 4.69) is 26.0 Å². The number of amidine groups is 1. The molecule has 104 valence electrons. The van der Waals surface area contributed by atoms with Gasteiger partial charge in [-0.3, -0.25) is 0 Å². The SMILES string of the molecule is CN(CC1CC(O)C1)c1ccc(Br)cc1/C(N)=N/O. The maximum Gasteiger partial charge on any atom is 0.172 e. The van der Waals surface area contributed by atoms with E-state index in [1.807, 2.05) is 25.2 Å². The molecule has 0 amide bonds. The molecule has 0 bridgehead atoms. The van der Waals surface area contributed by atoms with Gasteiger partial charge >= 0.3 is 0 Å². The topological polar surface area (TPSA) is 82.1 Å². The van der Waals surface area contributed by atoms with E-state index in [-0.39, 0.29) is 11.9 Å². The summed E-state index contributed by atoms with van der Waals surface area (Å²) in [6.45, 7) is 0.852. The van der Waals surface area contributed by atoms with Gasteiger partial charge in [-0.2, -0.15) is 0 Å². The number of anilines is 1. The lowest BCUT2D eigenvalue weighted by molar-refractivity contribution is 0.0465. The molecule has 0 spiro atoms. The van der Waals surface area contributed by atoms with Gasteiger partial charge in [0.2, 0.25) is 0 Å². The monoisotopic (exact) mass is 327 g/mol. The van der Waals surface area contributed by atoms with Gasteiger partial charge < -0.3 is 20.9 Å². The minimum Gasteiger partial charge on any atom is -0.409 e. The van der Waals surface area contributed by atoms with Crippen molar-refractivity contribution in [1.29, 1.82) is 0 Å². The van der Waals surface area contributed by atoms with Crippen LogP contribution in [0.4, 0.5) is 5.69 Å². The predicted molar refractivity (Wildman–Crippen MR) is 78.7 cm³/mol. The molecule has 0 aliphatic heterocycles. The molecule has 1 fully saturated rings. The lowest BCUT2D eigenvalue weighted by atomic mass is 9.82. The maximum absolute atomic E-state index is 9.32. The fourth-order valence-corrected chi connectivity index (χ4v) is 2.80. The molecule has 1 aromatic carbocycles. The Labute approximate surface area is 120 Å². The average molecular weight is 328 g/mol. The fourth-order valence-electron chi connectivity index (χ4n) is 2.44. The number of oxime groups is 1. The highest BCUT2D eigenvalue weighted by molar-refractivity contribution is 9.10. The molecular weight excluding hydrogens is 310 g/mol. The van der Waals surface area contributed by atoms with Crippen LogP contribution in [-0.2, 0) is 0 Å². The molecule has 0 atom stereocenters. The van der Waals surface area contributed by atoms with Gasteiger partial charge in [-0.05, 0) is 37.0 Å². The van der Waals surface area contributed by atoms with Gasteiger partial charge in [0, 0.05) is 29.3 Å². The van der Waals surface area contributed by atoms with Crippen molar-refractivity contribution >= 4 is 27.5 Å². The Kier molecular flexibility index (Phi) is 4.31. The first-order valence-electron chi connectivity index (χ1n) is 6.18. The first-order chi connectivity index (χ1) is 9.01. The standard InChI is InChI=1S/C13H18BrN3O2/c1-17(7-8-4-10(18)5-8)12-3-2-9(14)6-11(12)13(15)16-19/h2-3,6,8,10,18-19H,4-5,7H2,1H3,(H2,15,16). The lowest BCUT2D eigenvalue weighted by Gasteiger charge is -2.35. The van der Waals surface area contributed by atoms with E-state index in [1.54, 1.807) is 0 Å². The molecule has 0 heterocycles. The van der Waals surface area contributed by atoms with E-state index >= 15 is 0 Å². The second kappa shape index (κ2) is 5.79. The molecule has 5 nitrogen and oxygen atoms in total. The van der Waals surface area contributed by atoms with Crippen molar-refractivity contribution in [3.63, 3.8) is 0 Å². The third-order valence-corrected chi connectivity index (χ3v) is 3.99. The molecule has 0 saturated heterocycles. The van der Waals surface area contributed by atoms with Crippen LogP contribution in [0.5, 0.6) is 0 Å². The first-order valence-corrected chi connectivity index (χ1v) is 6.97. The van der Waals surface area contributed by atoms with Crippen molar-refractivity contribution in [1.82, 2.24) is 0 Å². The van der Waals surface area contributed by atoms with Gasteiger partial charge in [-0.1, -0.05) is 21.1 Å². The molecule has 2 rings (SSSR count). The molecule has 1 aliphatic rings. The molecule has 6 heteroatoms. The third-order valence-electron chi connectivity index (χ3n) is 3.50. The van der Waals surface area contributed by atoms with Gasteiger partial charge in [-0.25, -0.2) is 0 Å². The van der Waals surface area contributed by atoms with E-state index in [0.29, 0.717) is 11.5 Å². The van der Waals surface area contributed by atoms with Crippen molar-refractivity contribution < 1.29 is 10.3 Å². The van der Waals surface area contributed by atoms with E-state index < -0.39 is 0 Å². The van der Waals surface area contributed by atoms with Crippen LogP contribution in [0.2, 0.25) is 0 Å². The van der Waals surface area contributed by atoms with E-state index in [4.69, 9.17) is 10.9 Å². The van der Waals surface area contributed by atoms with Gasteiger partial charge in [0.05, 0.1) is 6.10 Å². The van der Waals surface area contributed by atoms with Crippen LogP contribution >= 0.6 is 15.9 Å². The number of rotatable bonds is 4. The average Bonchev–Trinajstić information content (AvgIpc) is 2.35. The van der Waals surface area contributed by atoms with Crippen LogP contribution in [0.25, 0.3) is 0 Å². The van der Waals surface area contributed by atoms with Crippen molar-refractivity contribution in [2.24, 2.45) is 16.8 Å². The minimum atomic E-state index is -0.146. The summed E-state index contributed by atoms with van der Waals surface area (Å²) in [6, 6.07) is 5.69. The number of aliphatic hydroxyl groups excluding tert-OH is 1. The molecule has 1 aromatic rings. The Morgan fingerprint density at radius 1 is 1.53 bits per heavy atom. The summed E-state index contributed by atoms with van der Waals surface area (Å²) in [5.41, 5.74) is 7.32. The molecule has 19 heavy (non-hydrogen) atoms. The molecule has 4 N–H and O–H groups in total. The summed E-state index contributed by atoms with van der Waals surface area (Å²) < 4.78 is 0.880. The summed E-state index contributed by atoms with van der Waals surface area (Å²) in [5.74, 6) is 0.598. The second-order valence-electron chi connectivity index (χ2n) is 5.02. The largest absolute Gasteiger partial charge is 0.409 e. The Morgan fingerprint density at radius 3 is 2.79 bits per heavy atom. The zero-order chi connectivity index (χ0) is 14.0. The summed E-state index contributed by atoms with van der Waals surface area (Å²) in [4.78, 5) is 2.08. The zero-order valence-corrected chi connectivity index (χ0v) is 12.3. The van der Waals surface area contributed by atoms with E-state index in [0.717, 1.165) is 29.5 Å². The van der Waals surface area contributed by atoms with Crippen LogP contribution in [0, 0.1) is 5.92 Å². The van der Waals surface area contributed by atoms with Crippen LogP contribution in [-0.4, -0.2) is 35.8 Å². The normalized spacial score (nSPS) is 23.0. The Morgan fingerprint density at radius 2 is 2.21 bits per heavy atom. The van der Waals surface area contributed by atoms with Crippen molar-refractivity contribution in [3.05, 3.63) is 28.2 Å². The Bertz CT molecular complexity index is 487. The van der Waals surface area contributed by atoms with Crippen molar-refractivity contribution in [2.45, 2.75) is 18.9 Å². The molecular formula is C13H18BrN3O2. The Hall–Kier alpha value is -1.27. The van der Waals surface area contributed by atoms with Crippen molar-refractivity contribution in [3.8, 4) is 0 Å². The molecule has 0 aromatic heterocycles. The smallest absolute Gasteiger partial charge is 0.172 e. The summed E-state index contributed by atoms with van der Waals surface area (Å²) >= 11 is 3.38. The predicted octanol–water partition coefficient (Wildman–Crippen LogP) is 1.75. The van der Waals surface area contributed by atoms with E-state index in [1.165, 1.54) is 0 Å². The van der Waals surface area contributed by atoms with Crippen LogP contribution < -0.4 is 10.6 Å². The highest BCUT2D eigenvalue weighted by Gasteiger charge is 2.28. The number of hydrogen-bond acceptors (Lipinski definition) is 4. The summed E-state index contributed by atoms with van der Waals surface area (Å²) in [7, 11) is 1.97. The van der Waals surface area contributed by atoms with E-state index in [9.17, 15) is 5.11 Å². The number of aliphatic hydroxyl groups is 1. The number of halogens is 1. The fraction of sp³-hybridized carbons (Fsp3) is 0.462. The van der Waals surface area contributed by atoms with Crippen LogP contribution in [0.1, 0.15) is 18.4 Å². The molecule has 0 unspecified atom stereocenters. The van der Waals surface area contributed by atoms with Crippen molar-refractivity contribution in [2.75, 3.05) is 18.5 Å². The quantitative estimate of drug-likeness (QED) is 0.340. The van der Waals surface area contributed by atoms with Crippen LogP contribution in [0.15, 0.2) is 27.8 Å².